The molecule has 0 aromatic heterocycles. The van der Waals surface area contributed by atoms with E-state index in [2.05, 4.69) is 17.3 Å². The number of methoxy groups -OCH3 is 1. The number of nitrogens with zero attached hydrogens (tertiary/aromatic N) is 1. The third-order valence-electron chi connectivity index (χ3n) is 2.99. The highest BCUT2D eigenvalue weighted by atomic mass is 32.2. The van der Waals surface area contributed by atoms with Crippen molar-refractivity contribution in [1.29, 1.82) is 0 Å². The molecule has 0 amide bonds. The van der Waals surface area contributed by atoms with E-state index in [9.17, 15) is 4.21 Å². The molecule has 16 heavy (non-hydrogen) atoms. The Morgan fingerprint density at radius 2 is 2.06 bits per heavy atom. The van der Waals surface area contributed by atoms with Gasteiger partial charge in [0.25, 0.3) is 0 Å². The lowest BCUT2D eigenvalue weighted by Gasteiger charge is -2.24. The van der Waals surface area contributed by atoms with Crippen molar-refractivity contribution in [2.75, 3.05) is 51.9 Å². The second-order valence-corrected chi connectivity index (χ2v) is 6.07. The van der Waals surface area contributed by atoms with Crippen LogP contribution in [0.4, 0.5) is 0 Å². The van der Waals surface area contributed by atoms with E-state index in [0.717, 1.165) is 50.6 Å². The Labute approximate surface area is 101 Å². The molecule has 0 saturated carbocycles. The zero-order chi connectivity index (χ0) is 11.8. The van der Waals surface area contributed by atoms with Gasteiger partial charge in [-0.05, 0) is 19.9 Å². The predicted octanol–water partition coefficient (Wildman–Crippen LogP) is 0.0653. The van der Waals surface area contributed by atoms with E-state index in [-0.39, 0.29) is 0 Å². The van der Waals surface area contributed by atoms with Crippen molar-refractivity contribution >= 4 is 10.8 Å². The Bertz CT molecular complexity index is 204. The maximum atomic E-state index is 11.2. The predicted molar refractivity (Wildman–Crippen MR) is 68.3 cm³/mol. The van der Waals surface area contributed by atoms with E-state index in [1.807, 2.05) is 0 Å². The molecule has 5 heteroatoms. The van der Waals surface area contributed by atoms with E-state index >= 15 is 0 Å². The second kappa shape index (κ2) is 8.17. The minimum Gasteiger partial charge on any atom is -0.383 e. The van der Waals surface area contributed by atoms with Crippen LogP contribution >= 0.6 is 0 Å². The minimum atomic E-state index is -0.546. The summed E-state index contributed by atoms with van der Waals surface area (Å²) in [5.41, 5.74) is 0. The zero-order valence-corrected chi connectivity index (χ0v) is 11.2. The Kier molecular flexibility index (Phi) is 7.20. The van der Waals surface area contributed by atoms with Crippen LogP contribution in [-0.4, -0.2) is 67.1 Å². The normalized spacial score (nSPS) is 26.2. The first-order chi connectivity index (χ1) is 7.72. The molecule has 0 unspecified atom stereocenters. The molecule has 0 aromatic rings. The van der Waals surface area contributed by atoms with Crippen molar-refractivity contribution in [3.8, 4) is 0 Å². The monoisotopic (exact) mass is 248 g/mol. The van der Waals surface area contributed by atoms with Gasteiger partial charge >= 0.3 is 0 Å². The van der Waals surface area contributed by atoms with E-state index in [0.29, 0.717) is 6.04 Å². The largest absolute Gasteiger partial charge is 0.383 e. The van der Waals surface area contributed by atoms with E-state index in [1.165, 1.54) is 0 Å². The molecule has 1 aliphatic heterocycles. The van der Waals surface area contributed by atoms with Crippen LogP contribution < -0.4 is 5.32 Å². The molecule has 1 heterocycles. The molecule has 1 fully saturated rings. The van der Waals surface area contributed by atoms with Gasteiger partial charge < -0.3 is 15.0 Å². The number of likely N-dealkylation sites (N-methyl/N-ethyl adjacent to an activating group) is 1. The van der Waals surface area contributed by atoms with Crippen molar-refractivity contribution in [1.82, 2.24) is 10.2 Å². The van der Waals surface area contributed by atoms with Gasteiger partial charge in [0.1, 0.15) is 0 Å². The van der Waals surface area contributed by atoms with Crippen LogP contribution in [0.2, 0.25) is 0 Å². The molecule has 0 bridgehead atoms. The van der Waals surface area contributed by atoms with Crippen LogP contribution in [0.1, 0.15) is 12.8 Å². The van der Waals surface area contributed by atoms with Crippen molar-refractivity contribution in [2.45, 2.75) is 18.9 Å². The van der Waals surface area contributed by atoms with Crippen LogP contribution in [0.5, 0.6) is 0 Å². The fraction of sp³-hybridized carbons (Fsp3) is 1.00. The van der Waals surface area contributed by atoms with Gasteiger partial charge in [-0.1, -0.05) is 0 Å². The van der Waals surface area contributed by atoms with Gasteiger partial charge in [0.15, 0.2) is 0 Å². The third kappa shape index (κ3) is 5.94. The lowest BCUT2D eigenvalue weighted by molar-refractivity contribution is 0.161. The van der Waals surface area contributed by atoms with E-state index in [4.69, 9.17) is 4.74 Å². The standard InChI is InChI=1S/C11H24N2O2S/c1-13(7-8-15-2)6-5-12-11-3-9-16(14)10-4-11/h11-12H,3-10H2,1-2H3. The first-order valence-corrected chi connectivity index (χ1v) is 7.47. The second-order valence-electron chi connectivity index (χ2n) is 4.37. The molecule has 1 rings (SSSR count). The summed E-state index contributed by atoms with van der Waals surface area (Å²) in [5.74, 6) is 1.74. The highest BCUT2D eigenvalue weighted by Gasteiger charge is 2.16. The molecule has 4 nitrogen and oxygen atoms in total. The van der Waals surface area contributed by atoms with Gasteiger partial charge in [0, 0.05) is 55.1 Å². The first kappa shape index (κ1) is 14.1. The lowest BCUT2D eigenvalue weighted by Crippen LogP contribution is -2.40. The molecule has 96 valence electrons. The van der Waals surface area contributed by atoms with Crippen LogP contribution in [-0.2, 0) is 15.5 Å². The van der Waals surface area contributed by atoms with Crippen molar-refractivity contribution < 1.29 is 8.95 Å². The Balaban J connectivity index is 2.00. The first-order valence-electron chi connectivity index (χ1n) is 5.98. The summed E-state index contributed by atoms with van der Waals surface area (Å²) in [6.45, 7) is 3.83. The molecular formula is C11H24N2O2S. The van der Waals surface area contributed by atoms with Gasteiger partial charge in [0.2, 0.25) is 0 Å². The lowest BCUT2D eigenvalue weighted by atomic mass is 10.1. The molecule has 0 aliphatic carbocycles. The summed E-state index contributed by atoms with van der Waals surface area (Å²) in [4.78, 5) is 2.26. The molecule has 0 aromatic carbocycles. The van der Waals surface area contributed by atoms with Crippen LogP contribution in [0.15, 0.2) is 0 Å². The summed E-state index contributed by atoms with van der Waals surface area (Å²) in [6.07, 6.45) is 2.13. The SMILES string of the molecule is COCCN(C)CCNC1CCS(=O)CC1. The summed E-state index contributed by atoms with van der Waals surface area (Å²) in [6, 6.07) is 0.577. The van der Waals surface area contributed by atoms with Crippen LogP contribution in [0.25, 0.3) is 0 Å². The number of hydrogen-bond acceptors (Lipinski definition) is 4. The molecule has 1 N–H and O–H groups in total. The average molecular weight is 248 g/mol. The zero-order valence-electron chi connectivity index (χ0n) is 10.4. The van der Waals surface area contributed by atoms with Gasteiger partial charge in [-0.15, -0.1) is 0 Å². The van der Waals surface area contributed by atoms with Crippen molar-refractivity contribution in [3.63, 3.8) is 0 Å². The minimum absolute atomic E-state index is 0.546. The summed E-state index contributed by atoms with van der Waals surface area (Å²) >= 11 is 0. The molecule has 1 aliphatic rings. The summed E-state index contributed by atoms with van der Waals surface area (Å²) in [7, 11) is 3.29. The number of hydrogen-bond donors (Lipinski definition) is 1. The van der Waals surface area contributed by atoms with Crippen molar-refractivity contribution in [3.05, 3.63) is 0 Å². The molecule has 0 spiro atoms. The van der Waals surface area contributed by atoms with Gasteiger partial charge in [-0.2, -0.15) is 0 Å². The molecular weight excluding hydrogens is 224 g/mol. The summed E-state index contributed by atoms with van der Waals surface area (Å²) in [5, 5.41) is 3.53. The van der Waals surface area contributed by atoms with Crippen molar-refractivity contribution in [2.24, 2.45) is 0 Å². The smallest absolute Gasteiger partial charge is 0.0589 e. The topological polar surface area (TPSA) is 41.6 Å². The van der Waals surface area contributed by atoms with Crippen LogP contribution in [0.3, 0.4) is 0 Å². The Morgan fingerprint density at radius 3 is 2.69 bits per heavy atom. The average Bonchev–Trinajstić information content (AvgIpc) is 2.29. The highest BCUT2D eigenvalue weighted by molar-refractivity contribution is 7.85. The number of rotatable bonds is 7. The maximum absolute atomic E-state index is 11.2. The fourth-order valence-electron chi connectivity index (χ4n) is 1.82. The fourth-order valence-corrected chi connectivity index (χ4v) is 3.12. The molecule has 0 radical (unpaired) electrons. The van der Waals surface area contributed by atoms with Gasteiger partial charge in [0.05, 0.1) is 6.61 Å². The quantitative estimate of drug-likeness (QED) is 0.692. The Morgan fingerprint density at radius 1 is 1.38 bits per heavy atom. The molecule has 0 atom stereocenters. The maximum Gasteiger partial charge on any atom is 0.0589 e. The number of nitrogens with one attached hydrogen (secondary N) is 1. The third-order valence-corrected chi connectivity index (χ3v) is 4.37. The van der Waals surface area contributed by atoms with Crippen LogP contribution in [0, 0.1) is 0 Å². The van der Waals surface area contributed by atoms with E-state index in [1.54, 1.807) is 7.11 Å². The Hall–Kier alpha value is 0.0300. The number of ether oxygens (including phenoxy) is 1. The summed E-state index contributed by atoms with van der Waals surface area (Å²) < 4.78 is 16.2. The van der Waals surface area contributed by atoms with E-state index < -0.39 is 10.8 Å². The highest BCUT2D eigenvalue weighted by Crippen LogP contribution is 2.08. The molecule has 1 saturated heterocycles. The van der Waals surface area contributed by atoms with Gasteiger partial charge in [-0.25, -0.2) is 0 Å². The van der Waals surface area contributed by atoms with Gasteiger partial charge in [-0.3, -0.25) is 4.21 Å².